The normalized spacial score (nSPS) is 46.0. The molecule has 1 spiro atoms. The quantitative estimate of drug-likeness (QED) is 0.623. The SMILES string of the molecule is C[N+]12CCC34c5ccccc5NC3C3C(CC(=O)O)OCC=C(C1)C3CC42. The van der Waals surface area contributed by atoms with Crippen LogP contribution in [0.25, 0.3) is 0 Å². The predicted molar refractivity (Wildman–Crippen MR) is 102 cm³/mol. The Balaban J connectivity index is 1.55. The summed E-state index contributed by atoms with van der Waals surface area (Å²) in [4.78, 5) is 11.6. The fourth-order valence-electron chi connectivity index (χ4n) is 7.58. The summed E-state index contributed by atoms with van der Waals surface area (Å²) in [5.74, 6) is -0.0746. The standard InChI is InChI=1S/C22H26N2O3/c1-24-8-7-22-15-4-2-3-5-16(15)23-21(22)20-14(10-18(22)24)13(12-24)6-9-27-17(20)11-19(25)26/h2-6,14,17-18,20-21,23H,7-12H2,1H3/p+1. The van der Waals surface area contributed by atoms with Crippen molar-refractivity contribution in [1.82, 2.24) is 0 Å². The van der Waals surface area contributed by atoms with Crippen LogP contribution in [-0.4, -0.2) is 60.5 Å². The molecule has 2 N–H and O–H groups in total. The van der Waals surface area contributed by atoms with E-state index in [9.17, 15) is 9.90 Å². The Morgan fingerprint density at radius 3 is 3.11 bits per heavy atom. The highest BCUT2D eigenvalue weighted by Gasteiger charge is 2.71. The average molecular weight is 367 g/mol. The van der Waals surface area contributed by atoms with Crippen molar-refractivity contribution in [2.75, 3.05) is 32.1 Å². The monoisotopic (exact) mass is 367 g/mol. The number of rotatable bonds is 2. The third kappa shape index (κ3) is 1.89. The second kappa shape index (κ2) is 5.15. The number of aliphatic carboxylic acids is 1. The van der Waals surface area contributed by atoms with Gasteiger partial charge in [-0.05, 0) is 23.1 Å². The molecule has 1 aromatic rings. The van der Waals surface area contributed by atoms with Crippen molar-refractivity contribution in [1.29, 1.82) is 0 Å². The number of likely N-dealkylation sites (N-methyl/N-ethyl adjacent to an activating group) is 1. The van der Waals surface area contributed by atoms with Crippen LogP contribution >= 0.6 is 0 Å². The molecular weight excluding hydrogens is 340 g/mol. The van der Waals surface area contributed by atoms with Crippen molar-refractivity contribution in [3.8, 4) is 0 Å². The summed E-state index contributed by atoms with van der Waals surface area (Å²) in [6.07, 6.45) is 4.50. The summed E-state index contributed by atoms with van der Waals surface area (Å²) in [6.45, 7) is 2.86. The molecule has 0 aromatic heterocycles. The number of nitrogens with zero attached hydrogens (tertiary/aromatic N) is 1. The van der Waals surface area contributed by atoms with Crippen LogP contribution < -0.4 is 5.32 Å². The molecule has 1 aromatic carbocycles. The molecule has 2 saturated heterocycles. The Hall–Kier alpha value is -1.85. The van der Waals surface area contributed by atoms with Crippen molar-refractivity contribution < 1.29 is 19.1 Å². The highest BCUT2D eigenvalue weighted by Crippen LogP contribution is 2.64. The predicted octanol–water partition coefficient (Wildman–Crippen LogP) is 2.39. The summed E-state index contributed by atoms with van der Waals surface area (Å²) in [5, 5.41) is 13.4. The minimum Gasteiger partial charge on any atom is -0.481 e. The number of fused-ring (bicyclic) bond motifs is 2. The number of carboxylic acids is 1. The Bertz CT molecular complexity index is 867. The van der Waals surface area contributed by atoms with Crippen LogP contribution in [0.15, 0.2) is 35.9 Å². The Kier molecular flexibility index (Phi) is 3.08. The van der Waals surface area contributed by atoms with Gasteiger partial charge in [-0.25, -0.2) is 0 Å². The molecular formula is C22H27N2O3+. The molecule has 3 fully saturated rings. The number of carboxylic acid groups (broad SMARTS) is 1. The number of nitrogens with one attached hydrogen (secondary N) is 1. The summed E-state index contributed by atoms with van der Waals surface area (Å²) < 4.78 is 7.30. The van der Waals surface area contributed by atoms with Crippen molar-refractivity contribution >= 4 is 11.7 Å². The zero-order valence-corrected chi connectivity index (χ0v) is 15.7. The lowest BCUT2D eigenvalue weighted by molar-refractivity contribution is -0.924. The number of carbonyl (C=O) groups is 1. The number of quaternary nitrogens is 1. The first kappa shape index (κ1) is 16.1. The van der Waals surface area contributed by atoms with E-state index in [2.05, 4.69) is 42.7 Å². The summed E-state index contributed by atoms with van der Waals surface area (Å²) in [6, 6.07) is 9.67. The van der Waals surface area contributed by atoms with E-state index in [1.165, 1.54) is 36.2 Å². The number of benzene rings is 1. The molecule has 1 saturated carbocycles. The fraction of sp³-hybridized carbons (Fsp3) is 0.591. The third-order valence-electron chi connectivity index (χ3n) is 8.49. The van der Waals surface area contributed by atoms with Crippen molar-refractivity contribution in [2.45, 2.75) is 42.9 Å². The number of hydrogen-bond acceptors (Lipinski definition) is 3. The maximum Gasteiger partial charge on any atom is 0.305 e. The molecule has 1 aliphatic carbocycles. The average Bonchev–Trinajstić information content (AvgIpc) is 3.08. The van der Waals surface area contributed by atoms with Crippen molar-refractivity contribution in [3.05, 3.63) is 41.5 Å². The fourth-order valence-corrected chi connectivity index (χ4v) is 7.58. The van der Waals surface area contributed by atoms with Crippen LogP contribution in [0.3, 0.4) is 0 Å². The summed E-state index contributed by atoms with van der Waals surface area (Å²) in [7, 11) is 2.44. The van der Waals surface area contributed by atoms with E-state index in [1.54, 1.807) is 0 Å². The van der Waals surface area contributed by atoms with Gasteiger partial charge in [0.05, 0.1) is 38.1 Å². The number of anilines is 1. The first-order chi connectivity index (χ1) is 13.0. The number of ether oxygens (including phenoxy) is 1. The van der Waals surface area contributed by atoms with Crippen LogP contribution in [0.2, 0.25) is 0 Å². The smallest absolute Gasteiger partial charge is 0.305 e. The molecule has 2 bridgehead atoms. The lowest BCUT2D eigenvalue weighted by atomic mass is 9.54. The molecule has 5 nitrogen and oxygen atoms in total. The molecule has 27 heavy (non-hydrogen) atoms. The van der Waals surface area contributed by atoms with Gasteiger partial charge in [0.2, 0.25) is 0 Å². The number of piperidine rings is 1. The molecule has 142 valence electrons. The zero-order chi connectivity index (χ0) is 18.4. The molecule has 0 radical (unpaired) electrons. The van der Waals surface area contributed by atoms with Gasteiger partial charge in [0.1, 0.15) is 12.6 Å². The second-order valence-electron chi connectivity index (χ2n) is 9.50. The molecule has 5 heteroatoms. The Labute approximate surface area is 159 Å². The molecule has 5 aliphatic rings. The highest BCUT2D eigenvalue weighted by atomic mass is 16.5. The van der Waals surface area contributed by atoms with E-state index in [1.807, 2.05) is 0 Å². The van der Waals surface area contributed by atoms with E-state index in [0.717, 1.165) is 11.0 Å². The lowest BCUT2D eigenvalue weighted by Gasteiger charge is -2.57. The first-order valence-corrected chi connectivity index (χ1v) is 10.3. The second-order valence-corrected chi connectivity index (χ2v) is 9.50. The molecule has 0 amide bonds. The maximum atomic E-state index is 11.6. The molecule has 6 rings (SSSR count). The third-order valence-corrected chi connectivity index (χ3v) is 8.49. The minimum atomic E-state index is -0.752. The van der Waals surface area contributed by atoms with Gasteiger partial charge in [-0.1, -0.05) is 24.3 Å². The maximum absolute atomic E-state index is 11.6. The topological polar surface area (TPSA) is 58.6 Å². The van der Waals surface area contributed by atoms with Crippen LogP contribution in [0, 0.1) is 11.8 Å². The summed E-state index contributed by atoms with van der Waals surface area (Å²) in [5.41, 5.74) is 4.35. The number of hydrogen-bond donors (Lipinski definition) is 2. The van der Waals surface area contributed by atoms with Gasteiger partial charge in [-0.3, -0.25) is 4.79 Å². The van der Waals surface area contributed by atoms with Crippen LogP contribution in [0.4, 0.5) is 5.69 Å². The minimum absolute atomic E-state index is 0.101. The van der Waals surface area contributed by atoms with Gasteiger partial charge >= 0.3 is 5.97 Å². The van der Waals surface area contributed by atoms with E-state index in [4.69, 9.17) is 4.74 Å². The van der Waals surface area contributed by atoms with Gasteiger partial charge in [0.15, 0.2) is 0 Å². The summed E-state index contributed by atoms with van der Waals surface area (Å²) >= 11 is 0. The number of para-hydroxylation sites is 1. The lowest BCUT2D eigenvalue weighted by Crippen LogP contribution is -2.68. The van der Waals surface area contributed by atoms with Crippen molar-refractivity contribution in [2.24, 2.45) is 11.8 Å². The van der Waals surface area contributed by atoms with E-state index >= 15 is 0 Å². The van der Waals surface area contributed by atoms with Crippen LogP contribution in [0.1, 0.15) is 24.8 Å². The van der Waals surface area contributed by atoms with Crippen LogP contribution in [0.5, 0.6) is 0 Å². The molecule has 4 heterocycles. The van der Waals surface area contributed by atoms with E-state index in [-0.39, 0.29) is 29.9 Å². The van der Waals surface area contributed by atoms with E-state index < -0.39 is 5.97 Å². The molecule has 4 aliphatic heterocycles. The zero-order valence-electron chi connectivity index (χ0n) is 15.7. The first-order valence-electron chi connectivity index (χ1n) is 10.3. The van der Waals surface area contributed by atoms with Gasteiger partial charge in [0.25, 0.3) is 0 Å². The van der Waals surface area contributed by atoms with Gasteiger partial charge in [0, 0.05) is 30.5 Å². The van der Waals surface area contributed by atoms with Crippen molar-refractivity contribution in [3.63, 3.8) is 0 Å². The van der Waals surface area contributed by atoms with Crippen LogP contribution in [-0.2, 0) is 14.9 Å². The Morgan fingerprint density at radius 1 is 1.41 bits per heavy atom. The van der Waals surface area contributed by atoms with Gasteiger partial charge < -0.3 is 19.6 Å². The van der Waals surface area contributed by atoms with Gasteiger partial charge in [-0.2, -0.15) is 0 Å². The highest BCUT2D eigenvalue weighted by molar-refractivity contribution is 5.68. The van der Waals surface area contributed by atoms with E-state index in [0.29, 0.717) is 18.6 Å². The van der Waals surface area contributed by atoms with Gasteiger partial charge in [-0.15, -0.1) is 0 Å². The molecule has 7 atom stereocenters. The largest absolute Gasteiger partial charge is 0.481 e. The Morgan fingerprint density at radius 2 is 2.26 bits per heavy atom. The molecule has 7 unspecified atom stereocenters.